The molecule has 41 heavy (non-hydrogen) atoms. The van der Waals surface area contributed by atoms with Gasteiger partial charge in [-0.15, -0.1) is 0 Å². The zero-order valence-corrected chi connectivity index (χ0v) is 23.1. The summed E-state index contributed by atoms with van der Waals surface area (Å²) in [7, 11) is 0. The molecule has 0 saturated carbocycles. The highest BCUT2D eigenvalue weighted by atomic mass is 19.4. The van der Waals surface area contributed by atoms with Crippen LogP contribution in [0.25, 0.3) is 0 Å². The number of ketones is 1. The maximum atomic E-state index is 13.1. The average Bonchev–Trinajstić information content (AvgIpc) is 2.99. The zero-order chi connectivity index (χ0) is 28.8. The normalized spacial score (nSPS) is 17.4. The number of carbonyl (C=O) groups is 1. The van der Waals surface area contributed by atoms with Crippen LogP contribution in [0.5, 0.6) is 0 Å². The molecule has 2 aromatic carbocycles. The maximum Gasteiger partial charge on any atom is 0.416 e. The van der Waals surface area contributed by atoms with Crippen molar-refractivity contribution in [2.45, 2.75) is 51.2 Å². The van der Waals surface area contributed by atoms with Gasteiger partial charge in [0.05, 0.1) is 17.2 Å². The molecule has 0 bridgehead atoms. The number of benzene rings is 2. The van der Waals surface area contributed by atoms with Gasteiger partial charge in [0.25, 0.3) is 0 Å². The lowest BCUT2D eigenvalue weighted by Gasteiger charge is -2.33. The summed E-state index contributed by atoms with van der Waals surface area (Å²) < 4.78 is 38.6. The number of hydrogen-bond donors (Lipinski definition) is 0. The molecule has 0 atom stereocenters. The molecule has 5 rings (SSSR count). The van der Waals surface area contributed by atoms with Crippen molar-refractivity contribution >= 4 is 11.5 Å². The number of halogens is 3. The van der Waals surface area contributed by atoms with E-state index in [0.717, 1.165) is 93.9 Å². The topological polar surface area (TPSA) is 60.2 Å². The van der Waals surface area contributed by atoms with Crippen LogP contribution in [0.2, 0.25) is 0 Å². The molecule has 1 aromatic heterocycles. The number of alkyl halides is 3. The van der Waals surface area contributed by atoms with Crippen LogP contribution in [-0.2, 0) is 19.1 Å². The van der Waals surface area contributed by atoms with Gasteiger partial charge in [0.1, 0.15) is 0 Å². The van der Waals surface area contributed by atoms with Crippen molar-refractivity contribution in [2.24, 2.45) is 11.8 Å². The summed E-state index contributed by atoms with van der Waals surface area (Å²) in [5.74, 6) is 0.987. The van der Waals surface area contributed by atoms with E-state index in [4.69, 9.17) is 5.26 Å². The number of hydrogen-bond acceptors (Lipinski definition) is 5. The molecule has 5 nitrogen and oxygen atoms in total. The zero-order valence-electron chi connectivity index (χ0n) is 23.1. The second-order valence-electron chi connectivity index (χ2n) is 11.4. The van der Waals surface area contributed by atoms with Crippen molar-refractivity contribution < 1.29 is 18.0 Å². The van der Waals surface area contributed by atoms with E-state index < -0.39 is 11.7 Å². The van der Waals surface area contributed by atoms with Crippen LogP contribution in [0.4, 0.5) is 18.9 Å². The number of Topliss-reactive ketones (excluding diaryl/α,β-unsaturated/α-hetero) is 1. The van der Waals surface area contributed by atoms with Crippen molar-refractivity contribution in [3.05, 3.63) is 94.8 Å². The van der Waals surface area contributed by atoms with E-state index in [1.165, 1.54) is 5.56 Å². The number of nitrogens with zero attached hydrogens (tertiary/aromatic N) is 4. The second kappa shape index (κ2) is 12.9. The standard InChI is InChI=1S/C33H35F3N4O/c34-33(35,36)29-5-7-31(8-6-29)40-17-12-24(13-18-40)19-30-21-28(9-14-38-30)32(41)20-25-10-15-39(16-11-25)23-27-3-1-26(22-37)2-4-27/h1-9,14,21,24-25H,10-13,15-20,23H2. The van der Waals surface area contributed by atoms with Crippen LogP contribution in [0.1, 0.15) is 64.8 Å². The van der Waals surface area contributed by atoms with Gasteiger partial charge in [-0.05, 0) is 111 Å². The highest BCUT2D eigenvalue weighted by Crippen LogP contribution is 2.32. The molecular formula is C33H35F3N4O. The third-order valence-electron chi connectivity index (χ3n) is 8.48. The third-order valence-corrected chi connectivity index (χ3v) is 8.48. The van der Waals surface area contributed by atoms with E-state index in [1.54, 1.807) is 18.3 Å². The lowest BCUT2D eigenvalue weighted by Crippen LogP contribution is -2.34. The van der Waals surface area contributed by atoms with Gasteiger partial charge in [-0.25, -0.2) is 0 Å². The Bertz CT molecular complexity index is 1350. The Morgan fingerprint density at radius 3 is 2.20 bits per heavy atom. The number of carbonyl (C=O) groups excluding carboxylic acids is 1. The van der Waals surface area contributed by atoms with Gasteiger partial charge >= 0.3 is 6.18 Å². The van der Waals surface area contributed by atoms with E-state index in [1.807, 2.05) is 36.4 Å². The van der Waals surface area contributed by atoms with E-state index >= 15 is 0 Å². The summed E-state index contributed by atoms with van der Waals surface area (Å²) in [5.41, 5.74) is 3.74. The molecule has 0 radical (unpaired) electrons. The van der Waals surface area contributed by atoms with Crippen molar-refractivity contribution in [1.82, 2.24) is 9.88 Å². The summed E-state index contributed by atoms with van der Waals surface area (Å²) in [6.45, 7) is 4.37. The predicted octanol–water partition coefficient (Wildman–Crippen LogP) is 6.92. The molecule has 0 aliphatic carbocycles. The third kappa shape index (κ3) is 7.74. The lowest BCUT2D eigenvalue weighted by molar-refractivity contribution is -0.137. The first-order valence-electron chi connectivity index (χ1n) is 14.4. The lowest BCUT2D eigenvalue weighted by atomic mass is 9.88. The largest absolute Gasteiger partial charge is 0.416 e. The Balaban J connectivity index is 1.07. The summed E-state index contributed by atoms with van der Waals surface area (Å²) in [5, 5.41) is 8.97. The minimum Gasteiger partial charge on any atom is -0.372 e. The van der Waals surface area contributed by atoms with E-state index in [-0.39, 0.29) is 5.78 Å². The average molecular weight is 561 g/mol. The van der Waals surface area contributed by atoms with Crippen LogP contribution >= 0.6 is 0 Å². The highest BCUT2D eigenvalue weighted by Gasteiger charge is 2.30. The first-order chi connectivity index (χ1) is 19.8. The number of nitriles is 1. The van der Waals surface area contributed by atoms with Gasteiger partial charge < -0.3 is 4.90 Å². The number of rotatable bonds is 8. The predicted molar refractivity (Wildman–Crippen MR) is 152 cm³/mol. The molecule has 0 N–H and O–H groups in total. The van der Waals surface area contributed by atoms with Gasteiger partial charge in [-0.1, -0.05) is 12.1 Å². The number of aromatic nitrogens is 1. The van der Waals surface area contributed by atoms with Gasteiger partial charge in [-0.3, -0.25) is 14.7 Å². The first kappa shape index (κ1) is 28.8. The summed E-state index contributed by atoms with van der Waals surface area (Å²) in [6.07, 6.45) is 2.63. The summed E-state index contributed by atoms with van der Waals surface area (Å²) in [4.78, 5) is 22.2. The molecule has 2 fully saturated rings. The Labute approximate surface area is 239 Å². The van der Waals surface area contributed by atoms with Crippen LogP contribution in [0, 0.1) is 23.2 Å². The fraction of sp³-hybridized carbons (Fsp3) is 0.424. The summed E-state index contributed by atoms with van der Waals surface area (Å²) >= 11 is 0. The smallest absolute Gasteiger partial charge is 0.372 e. The van der Waals surface area contributed by atoms with Crippen molar-refractivity contribution in [1.29, 1.82) is 5.26 Å². The highest BCUT2D eigenvalue weighted by molar-refractivity contribution is 5.96. The fourth-order valence-corrected chi connectivity index (χ4v) is 5.99. The molecule has 0 amide bonds. The Morgan fingerprint density at radius 2 is 1.56 bits per heavy atom. The van der Waals surface area contributed by atoms with Crippen LogP contribution in [-0.4, -0.2) is 41.8 Å². The minimum atomic E-state index is -4.32. The van der Waals surface area contributed by atoms with Gasteiger partial charge in [0.15, 0.2) is 5.78 Å². The monoisotopic (exact) mass is 560 g/mol. The SMILES string of the molecule is N#Cc1ccc(CN2CCC(CC(=O)c3ccnc(CC4CCN(c5ccc(C(F)(F)F)cc5)CC4)c3)CC2)cc1. The molecular weight excluding hydrogens is 525 g/mol. The van der Waals surface area contributed by atoms with Crippen LogP contribution in [0.3, 0.4) is 0 Å². The number of pyridine rings is 1. The van der Waals surface area contributed by atoms with Crippen LogP contribution in [0.15, 0.2) is 66.9 Å². The van der Waals surface area contributed by atoms with Crippen molar-refractivity contribution in [2.75, 3.05) is 31.1 Å². The molecule has 214 valence electrons. The fourth-order valence-electron chi connectivity index (χ4n) is 5.99. The van der Waals surface area contributed by atoms with E-state index in [0.29, 0.717) is 23.8 Å². The second-order valence-corrected chi connectivity index (χ2v) is 11.4. The molecule has 2 saturated heterocycles. The van der Waals surface area contributed by atoms with E-state index in [2.05, 4.69) is 20.9 Å². The molecule has 3 aromatic rings. The molecule has 0 spiro atoms. The Hall–Kier alpha value is -3.70. The first-order valence-corrected chi connectivity index (χ1v) is 14.4. The number of piperidine rings is 2. The minimum absolute atomic E-state index is 0.177. The number of likely N-dealkylation sites (tertiary alicyclic amines) is 1. The molecule has 0 unspecified atom stereocenters. The van der Waals surface area contributed by atoms with E-state index in [9.17, 15) is 18.0 Å². The Kier molecular flexibility index (Phi) is 9.04. The molecule has 2 aliphatic heterocycles. The number of anilines is 1. The maximum absolute atomic E-state index is 13.1. The van der Waals surface area contributed by atoms with Gasteiger partial charge in [0.2, 0.25) is 0 Å². The van der Waals surface area contributed by atoms with Gasteiger partial charge in [0, 0.05) is 49.2 Å². The van der Waals surface area contributed by atoms with Crippen LogP contribution < -0.4 is 4.90 Å². The van der Waals surface area contributed by atoms with Gasteiger partial charge in [-0.2, -0.15) is 18.4 Å². The molecule has 8 heteroatoms. The molecule has 2 aliphatic rings. The Morgan fingerprint density at radius 1 is 0.902 bits per heavy atom. The quantitative estimate of drug-likeness (QED) is 0.280. The molecule has 3 heterocycles. The van der Waals surface area contributed by atoms with Crippen molar-refractivity contribution in [3.63, 3.8) is 0 Å². The van der Waals surface area contributed by atoms with Crippen molar-refractivity contribution in [3.8, 4) is 6.07 Å². The summed E-state index contributed by atoms with van der Waals surface area (Å²) in [6, 6.07) is 19.1.